The summed E-state index contributed by atoms with van der Waals surface area (Å²) in [6, 6.07) is 1.96. The highest BCUT2D eigenvalue weighted by molar-refractivity contribution is 8.00. The quantitative estimate of drug-likeness (QED) is 0.415. The maximum atomic E-state index is 5.52. The van der Waals surface area contributed by atoms with Crippen LogP contribution in [0.3, 0.4) is 0 Å². The zero-order valence-corrected chi connectivity index (χ0v) is 13.8. The zero-order chi connectivity index (χ0) is 14.8. The van der Waals surface area contributed by atoms with Gasteiger partial charge in [-0.25, -0.2) is 15.8 Å². The van der Waals surface area contributed by atoms with Gasteiger partial charge in [0.1, 0.15) is 10.7 Å². The molecule has 0 aliphatic rings. The molecule has 0 aliphatic carbocycles. The van der Waals surface area contributed by atoms with Gasteiger partial charge >= 0.3 is 0 Å². The molecule has 110 valence electrons. The van der Waals surface area contributed by atoms with Gasteiger partial charge in [0.2, 0.25) is 5.13 Å². The van der Waals surface area contributed by atoms with E-state index in [2.05, 4.69) is 25.6 Å². The second kappa shape index (κ2) is 6.10. The van der Waals surface area contributed by atoms with Gasteiger partial charge in [0.05, 0.1) is 11.1 Å². The fourth-order valence-electron chi connectivity index (χ4n) is 1.64. The van der Waals surface area contributed by atoms with Crippen molar-refractivity contribution >= 4 is 55.6 Å². The normalized spacial score (nSPS) is 11.0. The molecule has 3 rings (SSSR count). The Kier molecular flexibility index (Phi) is 4.19. The molecule has 0 aliphatic heterocycles. The van der Waals surface area contributed by atoms with Crippen LogP contribution in [0.1, 0.15) is 5.82 Å². The number of anilines is 2. The summed E-state index contributed by atoms with van der Waals surface area (Å²) in [4.78, 5) is 11.8. The second-order valence-corrected chi connectivity index (χ2v) is 7.38. The second-order valence-electron chi connectivity index (χ2n) is 4.31. The Morgan fingerprint density at radius 1 is 1.33 bits per heavy atom. The van der Waals surface area contributed by atoms with Gasteiger partial charge in [-0.2, -0.15) is 0 Å². The molecule has 0 aromatic carbocycles. The van der Waals surface area contributed by atoms with E-state index in [9.17, 15) is 0 Å². The molecule has 0 fully saturated rings. The van der Waals surface area contributed by atoms with Crippen molar-refractivity contribution in [2.24, 2.45) is 5.84 Å². The number of thiophene rings is 1. The number of hydrazine groups is 1. The van der Waals surface area contributed by atoms with E-state index >= 15 is 0 Å². The molecule has 10 heteroatoms. The first kappa shape index (κ1) is 14.4. The molecule has 3 N–H and O–H groups in total. The standard InChI is InChI=1S/C11H13N7S3/c1-18(2)10-16-17-11(21-10)20-5-7-13-8(15-12)6-3-4-19-9(6)14-7/h3-4H,5,12H2,1-2H3,(H,13,14,15). The van der Waals surface area contributed by atoms with Gasteiger partial charge in [0, 0.05) is 14.1 Å². The number of nitrogen functional groups attached to an aromatic ring is 1. The molecule has 0 spiro atoms. The lowest BCUT2D eigenvalue weighted by molar-refractivity contribution is 0.970. The molecule has 0 bridgehead atoms. The predicted molar refractivity (Wildman–Crippen MR) is 89.0 cm³/mol. The Balaban J connectivity index is 1.78. The molecular weight excluding hydrogens is 326 g/mol. The summed E-state index contributed by atoms with van der Waals surface area (Å²) in [5.41, 5.74) is 2.63. The van der Waals surface area contributed by atoms with E-state index < -0.39 is 0 Å². The van der Waals surface area contributed by atoms with Crippen LogP contribution >= 0.6 is 34.4 Å². The van der Waals surface area contributed by atoms with Crippen LogP contribution < -0.4 is 16.2 Å². The fourth-order valence-corrected chi connectivity index (χ4v) is 4.04. The van der Waals surface area contributed by atoms with Crippen molar-refractivity contribution in [1.82, 2.24) is 20.2 Å². The van der Waals surface area contributed by atoms with E-state index in [-0.39, 0.29) is 0 Å². The predicted octanol–water partition coefficient (Wildman–Crippen LogP) is 2.19. The van der Waals surface area contributed by atoms with Crippen molar-refractivity contribution in [3.8, 4) is 0 Å². The topological polar surface area (TPSA) is 92.9 Å². The number of aromatic nitrogens is 4. The van der Waals surface area contributed by atoms with E-state index in [4.69, 9.17) is 5.84 Å². The van der Waals surface area contributed by atoms with Crippen molar-refractivity contribution in [2.45, 2.75) is 10.1 Å². The number of nitrogens with zero attached hydrogens (tertiary/aromatic N) is 5. The number of hydrogen-bond acceptors (Lipinski definition) is 10. The lowest BCUT2D eigenvalue weighted by atomic mass is 10.4. The van der Waals surface area contributed by atoms with Gasteiger partial charge in [-0.15, -0.1) is 21.5 Å². The average molecular weight is 339 g/mol. The maximum Gasteiger partial charge on any atom is 0.208 e. The Morgan fingerprint density at radius 2 is 2.19 bits per heavy atom. The summed E-state index contributed by atoms with van der Waals surface area (Å²) in [7, 11) is 3.89. The van der Waals surface area contributed by atoms with Crippen LogP contribution in [-0.4, -0.2) is 34.3 Å². The van der Waals surface area contributed by atoms with E-state index in [1.165, 1.54) is 0 Å². The third kappa shape index (κ3) is 3.07. The maximum absolute atomic E-state index is 5.52. The van der Waals surface area contributed by atoms with E-state index in [0.717, 1.165) is 25.5 Å². The molecular formula is C11H13N7S3. The van der Waals surface area contributed by atoms with Gasteiger partial charge in [0.25, 0.3) is 0 Å². The third-order valence-corrected chi connectivity index (χ3v) is 5.64. The van der Waals surface area contributed by atoms with Crippen LogP contribution in [0, 0.1) is 0 Å². The van der Waals surface area contributed by atoms with Crippen molar-refractivity contribution < 1.29 is 0 Å². The molecule has 0 atom stereocenters. The van der Waals surface area contributed by atoms with Crippen molar-refractivity contribution in [3.63, 3.8) is 0 Å². The monoisotopic (exact) mass is 339 g/mol. The number of nitrogens with two attached hydrogens (primary N) is 1. The molecule has 0 amide bonds. The summed E-state index contributed by atoms with van der Waals surface area (Å²) < 4.78 is 0.899. The van der Waals surface area contributed by atoms with E-state index in [1.54, 1.807) is 34.4 Å². The molecule has 0 radical (unpaired) electrons. The Bertz CT molecular complexity index is 751. The Hall–Kier alpha value is -1.49. The smallest absolute Gasteiger partial charge is 0.208 e. The molecule has 7 nitrogen and oxygen atoms in total. The van der Waals surface area contributed by atoms with E-state index in [0.29, 0.717) is 11.6 Å². The highest BCUT2D eigenvalue weighted by Gasteiger charge is 2.11. The van der Waals surface area contributed by atoms with Crippen LogP contribution in [-0.2, 0) is 5.75 Å². The number of fused-ring (bicyclic) bond motifs is 1. The minimum Gasteiger partial charge on any atom is -0.353 e. The first-order valence-electron chi connectivity index (χ1n) is 6.01. The van der Waals surface area contributed by atoms with Crippen LogP contribution in [0.2, 0.25) is 0 Å². The molecule has 21 heavy (non-hydrogen) atoms. The van der Waals surface area contributed by atoms with Gasteiger partial charge < -0.3 is 10.3 Å². The minimum absolute atomic E-state index is 0.630. The van der Waals surface area contributed by atoms with Crippen LogP contribution in [0.5, 0.6) is 0 Å². The first-order valence-corrected chi connectivity index (χ1v) is 8.70. The summed E-state index contributed by atoms with van der Waals surface area (Å²) >= 11 is 4.69. The van der Waals surface area contributed by atoms with Crippen molar-refractivity contribution in [1.29, 1.82) is 0 Å². The van der Waals surface area contributed by atoms with Gasteiger partial charge in [-0.3, -0.25) is 0 Å². The Morgan fingerprint density at radius 3 is 2.90 bits per heavy atom. The van der Waals surface area contributed by atoms with Crippen LogP contribution in [0.15, 0.2) is 15.8 Å². The lowest BCUT2D eigenvalue weighted by Gasteiger charge is -2.04. The molecule has 0 unspecified atom stereocenters. The fraction of sp³-hybridized carbons (Fsp3) is 0.273. The van der Waals surface area contributed by atoms with Crippen LogP contribution in [0.4, 0.5) is 10.9 Å². The SMILES string of the molecule is CN(C)c1nnc(SCc2nc(NN)c3ccsc3n2)s1. The molecule has 3 aromatic heterocycles. The number of thioether (sulfide) groups is 1. The van der Waals surface area contributed by atoms with Gasteiger partial charge in [-0.05, 0) is 11.4 Å². The Labute approximate surface area is 133 Å². The lowest BCUT2D eigenvalue weighted by Crippen LogP contribution is -2.10. The number of rotatable bonds is 5. The zero-order valence-electron chi connectivity index (χ0n) is 11.4. The first-order chi connectivity index (χ1) is 10.2. The van der Waals surface area contributed by atoms with Gasteiger partial charge in [-0.1, -0.05) is 23.1 Å². The summed E-state index contributed by atoms with van der Waals surface area (Å²) in [6.45, 7) is 0. The highest BCUT2D eigenvalue weighted by atomic mass is 32.2. The largest absolute Gasteiger partial charge is 0.353 e. The number of nitrogens with one attached hydrogen (secondary N) is 1. The molecule has 3 aromatic rings. The van der Waals surface area contributed by atoms with Gasteiger partial charge in [0.15, 0.2) is 10.2 Å². The summed E-state index contributed by atoms with van der Waals surface area (Å²) in [6.07, 6.45) is 0. The van der Waals surface area contributed by atoms with Crippen molar-refractivity contribution in [3.05, 3.63) is 17.3 Å². The summed E-state index contributed by atoms with van der Waals surface area (Å²) in [5.74, 6) is 7.53. The minimum atomic E-state index is 0.630. The molecule has 0 saturated heterocycles. The van der Waals surface area contributed by atoms with Crippen molar-refractivity contribution in [2.75, 3.05) is 24.4 Å². The molecule has 3 heterocycles. The third-order valence-electron chi connectivity index (χ3n) is 2.61. The average Bonchev–Trinajstić information content (AvgIpc) is 3.12. The highest BCUT2D eigenvalue weighted by Crippen LogP contribution is 2.30. The van der Waals surface area contributed by atoms with Crippen LogP contribution in [0.25, 0.3) is 10.2 Å². The molecule has 0 saturated carbocycles. The van der Waals surface area contributed by atoms with E-state index in [1.807, 2.05) is 30.4 Å². The summed E-state index contributed by atoms with van der Waals surface area (Å²) in [5, 5.41) is 12.1. The number of hydrogen-bond donors (Lipinski definition) is 2.